The van der Waals surface area contributed by atoms with Crippen molar-refractivity contribution in [3.63, 3.8) is 0 Å². The lowest BCUT2D eigenvalue weighted by atomic mass is 9.92. The molecule has 0 saturated carbocycles. The molecule has 0 aliphatic rings. The predicted octanol–water partition coefficient (Wildman–Crippen LogP) is 5.70. The second-order valence-electron chi connectivity index (χ2n) is 8.99. The van der Waals surface area contributed by atoms with Crippen LogP contribution in [-0.2, 0) is 9.59 Å². The van der Waals surface area contributed by atoms with Crippen LogP contribution in [0, 0.1) is 5.92 Å². The number of fused-ring (bicyclic) bond motifs is 1. The number of benzene rings is 4. The van der Waals surface area contributed by atoms with Crippen molar-refractivity contribution in [3.8, 4) is 23.0 Å². The Labute approximate surface area is 222 Å². The summed E-state index contributed by atoms with van der Waals surface area (Å²) in [4.78, 5) is 25.9. The molecule has 7 heteroatoms. The topological polar surface area (TPSA) is 83.1 Å². The van der Waals surface area contributed by atoms with E-state index in [1.807, 2.05) is 74.5 Å². The Hall–Kier alpha value is -4.52. The largest absolute Gasteiger partial charge is 0.493 e. The standard InChI is InChI=1S/C31H31NO6/c1-20(2)31(34)32-30(22-15-16-25(35-3)27(18-22)36-4)29-24-13-9-8-10-21(24)14-17-26(29)38-28(33)19-37-23-11-6-5-7-12-23/h5-18,20,30H,19H2,1-4H3,(H,32,34)/t30-/m1/s1. The Kier molecular flexibility index (Phi) is 8.48. The average molecular weight is 514 g/mol. The van der Waals surface area contributed by atoms with E-state index in [1.165, 1.54) is 0 Å². The number of nitrogens with one attached hydrogen (secondary N) is 1. The van der Waals surface area contributed by atoms with Crippen LogP contribution >= 0.6 is 0 Å². The summed E-state index contributed by atoms with van der Waals surface area (Å²) in [5.41, 5.74) is 1.39. The Balaban J connectivity index is 1.79. The second kappa shape index (κ2) is 12.1. The molecule has 0 unspecified atom stereocenters. The number of carbonyl (C=O) groups is 2. The molecule has 4 aromatic rings. The summed E-state index contributed by atoms with van der Waals surface area (Å²) in [5, 5.41) is 4.92. The predicted molar refractivity (Wildman–Crippen MR) is 146 cm³/mol. The minimum atomic E-state index is -0.645. The van der Waals surface area contributed by atoms with Crippen LogP contribution in [0.1, 0.15) is 31.0 Å². The Morgan fingerprint density at radius 1 is 0.789 bits per heavy atom. The molecule has 0 bridgehead atoms. The number of para-hydroxylation sites is 1. The van der Waals surface area contributed by atoms with Crippen LogP contribution in [0.5, 0.6) is 23.0 Å². The third-order valence-corrected chi connectivity index (χ3v) is 6.09. The van der Waals surface area contributed by atoms with Crippen LogP contribution in [0.3, 0.4) is 0 Å². The maximum Gasteiger partial charge on any atom is 0.349 e. The van der Waals surface area contributed by atoms with Crippen molar-refractivity contribution in [1.29, 1.82) is 0 Å². The molecule has 1 atom stereocenters. The van der Waals surface area contributed by atoms with Gasteiger partial charge in [0.15, 0.2) is 18.1 Å². The van der Waals surface area contributed by atoms with E-state index in [-0.39, 0.29) is 18.4 Å². The van der Waals surface area contributed by atoms with E-state index in [0.29, 0.717) is 28.6 Å². The number of hydrogen-bond donors (Lipinski definition) is 1. The van der Waals surface area contributed by atoms with Crippen LogP contribution in [0.4, 0.5) is 0 Å². The molecule has 7 nitrogen and oxygen atoms in total. The molecule has 0 heterocycles. The molecule has 0 aliphatic heterocycles. The van der Waals surface area contributed by atoms with Crippen LogP contribution in [0.25, 0.3) is 10.8 Å². The molecule has 1 amide bonds. The molecule has 0 aromatic heterocycles. The molecule has 196 valence electrons. The van der Waals surface area contributed by atoms with Gasteiger partial charge in [0.2, 0.25) is 5.91 Å². The zero-order valence-corrected chi connectivity index (χ0v) is 21.9. The van der Waals surface area contributed by atoms with Gasteiger partial charge in [-0.05, 0) is 46.7 Å². The van der Waals surface area contributed by atoms with Crippen molar-refractivity contribution in [2.45, 2.75) is 19.9 Å². The second-order valence-corrected chi connectivity index (χ2v) is 8.99. The van der Waals surface area contributed by atoms with E-state index in [1.54, 1.807) is 38.5 Å². The van der Waals surface area contributed by atoms with Crippen LogP contribution in [0.15, 0.2) is 84.9 Å². The highest BCUT2D eigenvalue weighted by molar-refractivity contribution is 5.91. The van der Waals surface area contributed by atoms with E-state index in [0.717, 1.165) is 16.3 Å². The van der Waals surface area contributed by atoms with Gasteiger partial charge in [0.1, 0.15) is 11.5 Å². The van der Waals surface area contributed by atoms with Gasteiger partial charge >= 0.3 is 5.97 Å². The van der Waals surface area contributed by atoms with Gasteiger partial charge in [0, 0.05) is 11.5 Å². The van der Waals surface area contributed by atoms with Crippen molar-refractivity contribution >= 4 is 22.6 Å². The third kappa shape index (κ3) is 6.06. The first kappa shape index (κ1) is 26.5. The van der Waals surface area contributed by atoms with Gasteiger partial charge in [-0.15, -0.1) is 0 Å². The molecule has 0 aliphatic carbocycles. The lowest BCUT2D eigenvalue weighted by Gasteiger charge is -2.25. The first-order valence-corrected chi connectivity index (χ1v) is 12.3. The van der Waals surface area contributed by atoms with Crippen molar-refractivity contribution < 1.29 is 28.5 Å². The highest BCUT2D eigenvalue weighted by Crippen LogP contribution is 2.39. The fourth-order valence-electron chi connectivity index (χ4n) is 4.14. The Morgan fingerprint density at radius 2 is 1.47 bits per heavy atom. The minimum absolute atomic E-state index is 0.151. The number of rotatable bonds is 10. The van der Waals surface area contributed by atoms with E-state index in [2.05, 4.69) is 5.32 Å². The van der Waals surface area contributed by atoms with Crippen molar-refractivity contribution in [1.82, 2.24) is 5.32 Å². The lowest BCUT2D eigenvalue weighted by Crippen LogP contribution is -2.33. The normalized spacial score (nSPS) is 11.6. The third-order valence-electron chi connectivity index (χ3n) is 6.09. The van der Waals surface area contributed by atoms with Crippen LogP contribution < -0.4 is 24.3 Å². The van der Waals surface area contributed by atoms with Gasteiger partial charge < -0.3 is 24.3 Å². The fourth-order valence-corrected chi connectivity index (χ4v) is 4.14. The summed E-state index contributed by atoms with van der Waals surface area (Å²) in [5.74, 6) is 0.994. The van der Waals surface area contributed by atoms with E-state index in [4.69, 9.17) is 18.9 Å². The van der Waals surface area contributed by atoms with E-state index < -0.39 is 12.0 Å². The number of methoxy groups -OCH3 is 2. The zero-order chi connectivity index (χ0) is 27.1. The van der Waals surface area contributed by atoms with Gasteiger partial charge in [0.05, 0.1) is 20.3 Å². The monoisotopic (exact) mass is 513 g/mol. The highest BCUT2D eigenvalue weighted by atomic mass is 16.6. The molecule has 0 saturated heterocycles. The molecule has 0 spiro atoms. The van der Waals surface area contributed by atoms with E-state index >= 15 is 0 Å². The van der Waals surface area contributed by atoms with Crippen LogP contribution in [0.2, 0.25) is 0 Å². The molecule has 38 heavy (non-hydrogen) atoms. The lowest BCUT2D eigenvalue weighted by molar-refractivity contribution is -0.136. The first-order valence-electron chi connectivity index (χ1n) is 12.3. The first-order chi connectivity index (χ1) is 18.4. The van der Waals surface area contributed by atoms with Gasteiger partial charge in [-0.1, -0.05) is 68.4 Å². The fraction of sp³-hybridized carbons (Fsp3) is 0.226. The maximum absolute atomic E-state index is 13.0. The summed E-state index contributed by atoms with van der Waals surface area (Å²) >= 11 is 0. The summed E-state index contributed by atoms with van der Waals surface area (Å²) in [6, 6.07) is 25.3. The maximum atomic E-state index is 13.0. The number of esters is 1. The number of ether oxygens (including phenoxy) is 4. The van der Waals surface area contributed by atoms with Gasteiger partial charge in [-0.25, -0.2) is 4.79 Å². The minimum Gasteiger partial charge on any atom is -0.493 e. The molecule has 0 radical (unpaired) electrons. The molecular formula is C31H31NO6. The highest BCUT2D eigenvalue weighted by Gasteiger charge is 2.26. The van der Waals surface area contributed by atoms with E-state index in [9.17, 15) is 9.59 Å². The van der Waals surface area contributed by atoms with Crippen molar-refractivity contribution in [2.24, 2.45) is 5.92 Å². The summed E-state index contributed by atoms with van der Waals surface area (Å²) in [6.07, 6.45) is 0. The number of carbonyl (C=O) groups excluding carboxylic acids is 2. The SMILES string of the molecule is COc1ccc([C@@H](NC(=O)C(C)C)c2c(OC(=O)COc3ccccc3)ccc3ccccc23)cc1OC. The summed E-state index contributed by atoms with van der Waals surface area (Å²) < 4.78 is 22.4. The van der Waals surface area contributed by atoms with Gasteiger partial charge in [-0.3, -0.25) is 4.79 Å². The summed E-state index contributed by atoms with van der Waals surface area (Å²) in [7, 11) is 3.12. The molecule has 1 N–H and O–H groups in total. The van der Waals surface area contributed by atoms with Crippen LogP contribution in [-0.4, -0.2) is 32.7 Å². The molecule has 0 fully saturated rings. The van der Waals surface area contributed by atoms with Gasteiger partial charge in [-0.2, -0.15) is 0 Å². The van der Waals surface area contributed by atoms with Gasteiger partial charge in [0.25, 0.3) is 0 Å². The summed E-state index contributed by atoms with van der Waals surface area (Å²) in [6.45, 7) is 3.38. The Bertz CT molecular complexity index is 1420. The number of amides is 1. The van der Waals surface area contributed by atoms with Crippen molar-refractivity contribution in [3.05, 3.63) is 96.1 Å². The quantitative estimate of drug-likeness (QED) is 0.216. The molecule has 4 aromatic carbocycles. The zero-order valence-electron chi connectivity index (χ0n) is 21.9. The molecule has 4 rings (SSSR count). The average Bonchev–Trinajstić information content (AvgIpc) is 2.95. The van der Waals surface area contributed by atoms with Crippen molar-refractivity contribution in [2.75, 3.05) is 20.8 Å². The smallest absolute Gasteiger partial charge is 0.349 e. The Morgan fingerprint density at radius 3 is 2.18 bits per heavy atom. The molecular weight excluding hydrogens is 482 g/mol. The number of hydrogen-bond acceptors (Lipinski definition) is 6.